The van der Waals surface area contributed by atoms with E-state index in [1.54, 1.807) is 13.0 Å². The number of aromatic carboxylic acids is 1. The highest BCUT2D eigenvalue weighted by Gasteiger charge is 2.09. The number of aromatic nitrogens is 1. The van der Waals surface area contributed by atoms with Gasteiger partial charge in [-0.05, 0) is 13.0 Å². The number of carboxylic acid groups (broad SMARTS) is 1. The first-order valence-corrected chi connectivity index (χ1v) is 5.03. The third kappa shape index (κ3) is 1.92. The maximum atomic E-state index is 10.6. The van der Waals surface area contributed by atoms with Crippen molar-refractivity contribution in [3.05, 3.63) is 23.5 Å². The van der Waals surface area contributed by atoms with E-state index in [2.05, 4.69) is 16.6 Å². The Morgan fingerprint density at radius 3 is 2.92 bits per heavy atom. The largest absolute Gasteiger partial charge is 0.478 e. The Balaban J connectivity index is 3.20. The molecule has 0 bridgehead atoms. The van der Waals surface area contributed by atoms with Gasteiger partial charge in [0.2, 0.25) is 0 Å². The number of thiol groups is 1. The second-order valence-electron chi connectivity index (χ2n) is 2.22. The van der Waals surface area contributed by atoms with Gasteiger partial charge in [-0.25, -0.2) is 4.79 Å². The molecule has 0 atom stereocenters. The van der Waals surface area contributed by atoms with Gasteiger partial charge >= 0.3 is 5.97 Å². The summed E-state index contributed by atoms with van der Waals surface area (Å²) in [6.45, 7) is 1.80. The minimum absolute atomic E-state index is 0.195. The molecular weight excluding hydrogens is 194 g/mol. The molecule has 1 aromatic heterocycles. The van der Waals surface area contributed by atoms with Gasteiger partial charge in [-0.15, -0.1) is 11.7 Å². The Morgan fingerprint density at radius 2 is 2.42 bits per heavy atom. The van der Waals surface area contributed by atoms with Gasteiger partial charge in [0.05, 0.1) is 5.56 Å². The molecule has 12 heavy (non-hydrogen) atoms. The third-order valence-electron chi connectivity index (χ3n) is 1.33. The van der Waals surface area contributed by atoms with Crippen LogP contribution in [0.4, 0.5) is 0 Å². The zero-order valence-electron chi connectivity index (χ0n) is 6.31. The molecule has 0 saturated carbocycles. The first kappa shape index (κ1) is 9.41. The summed E-state index contributed by atoms with van der Waals surface area (Å²) in [5.41, 5.74) is 0.983. The van der Waals surface area contributed by atoms with E-state index in [1.807, 2.05) is 0 Å². The van der Waals surface area contributed by atoms with Crippen LogP contribution >= 0.6 is 22.5 Å². The smallest absolute Gasteiger partial charge is 0.338 e. The van der Waals surface area contributed by atoms with Crippen molar-refractivity contribution in [3.8, 4) is 0 Å². The molecule has 1 N–H and O–H groups in total. The number of aryl methyl sites for hydroxylation is 1. The lowest BCUT2D eigenvalue weighted by Gasteiger charge is -2.01. The van der Waals surface area contributed by atoms with Crippen LogP contribution in [-0.4, -0.2) is 16.1 Å². The second kappa shape index (κ2) is 3.82. The lowest BCUT2D eigenvalue weighted by molar-refractivity contribution is 0.0692. The highest BCUT2D eigenvalue weighted by molar-refractivity contribution is 8.68. The molecular formula is C7H7NO2S2. The van der Waals surface area contributed by atoms with E-state index in [9.17, 15) is 4.79 Å². The summed E-state index contributed by atoms with van der Waals surface area (Å²) in [4.78, 5) is 15.1. The molecule has 0 aliphatic heterocycles. The zero-order valence-corrected chi connectivity index (χ0v) is 8.02. The first-order chi connectivity index (χ1) is 5.65. The van der Waals surface area contributed by atoms with Crippen molar-refractivity contribution in [1.29, 1.82) is 0 Å². The fraction of sp³-hybridized carbons (Fsp3) is 0.143. The van der Waals surface area contributed by atoms with Gasteiger partial charge in [0.15, 0.2) is 0 Å². The molecule has 3 nitrogen and oxygen atoms in total. The molecule has 5 heteroatoms. The van der Waals surface area contributed by atoms with E-state index < -0.39 is 5.97 Å². The number of pyridine rings is 1. The van der Waals surface area contributed by atoms with Crippen molar-refractivity contribution < 1.29 is 9.90 Å². The first-order valence-electron chi connectivity index (χ1n) is 3.16. The topological polar surface area (TPSA) is 50.2 Å². The summed E-state index contributed by atoms with van der Waals surface area (Å²) in [6, 6.07) is 1.70. The van der Waals surface area contributed by atoms with Gasteiger partial charge in [-0.3, -0.25) is 4.98 Å². The monoisotopic (exact) mass is 201 g/mol. The van der Waals surface area contributed by atoms with Crippen molar-refractivity contribution in [2.75, 3.05) is 0 Å². The minimum atomic E-state index is -0.973. The molecule has 0 spiro atoms. The molecule has 0 fully saturated rings. The van der Waals surface area contributed by atoms with Gasteiger partial charge in [0.1, 0.15) is 0 Å². The second-order valence-corrected chi connectivity index (χ2v) is 3.39. The summed E-state index contributed by atoms with van der Waals surface area (Å²) in [7, 11) is 1.11. The molecule has 0 amide bonds. The van der Waals surface area contributed by atoms with Crippen LogP contribution in [-0.2, 0) is 0 Å². The Kier molecular flexibility index (Phi) is 2.99. The molecule has 0 saturated heterocycles. The maximum absolute atomic E-state index is 10.6. The SMILES string of the molecule is Cc1cc(SS)c(C(=O)O)cn1. The Labute approximate surface area is 79.0 Å². The summed E-state index contributed by atoms with van der Waals surface area (Å²) in [5, 5.41) is 8.70. The molecule has 1 aromatic rings. The predicted octanol–water partition coefficient (Wildman–Crippen LogP) is 2.03. The third-order valence-corrected chi connectivity index (χ3v) is 2.46. The number of hydrogen-bond acceptors (Lipinski definition) is 4. The number of rotatable bonds is 2. The molecule has 1 rings (SSSR count). The highest BCUT2D eigenvalue weighted by Crippen LogP contribution is 2.25. The van der Waals surface area contributed by atoms with Crippen LogP contribution < -0.4 is 0 Å². The summed E-state index contributed by atoms with van der Waals surface area (Å²) < 4.78 is 0. The Hall–Kier alpha value is -0.680. The molecule has 0 aromatic carbocycles. The van der Waals surface area contributed by atoms with Crippen LogP contribution in [0.2, 0.25) is 0 Å². The summed E-state index contributed by atoms with van der Waals surface area (Å²) >= 11 is 3.95. The van der Waals surface area contributed by atoms with Crippen LogP contribution in [0.5, 0.6) is 0 Å². The van der Waals surface area contributed by atoms with E-state index in [-0.39, 0.29) is 5.56 Å². The predicted molar refractivity (Wildman–Crippen MR) is 50.8 cm³/mol. The van der Waals surface area contributed by atoms with Crippen LogP contribution in [0.15, 0.2) is 17.2 Å². The van der Waals surface area contributed by atoms with Gasteiger partial charge < -0.3 is 5.11 Å². The number of nitrogens with zero attached hydrogens (tertiary/aromatic N) is 1. The van der Waals surface area contributed by atoms with Crippen molar-refractivity contribution in [2.24, 2.45) is 0 Å². The van der Waals surface area contributed by atoms with Crippen molar-refractivity contribution in [3.63, 3.8) is 0 Å². The number of carboxylic acids is 1. The molecule has 0 unspecified atom stereocenters. The standard InChI is InChI=1S/C7H7NO2S2/c1-4-2-6(12-11)5(3-8-4)7(9)10/h2-3,11H,1H3,(H,9,10). The minimum Gasteiger partial charge on any atom is -0.478 e. The van der Waals surface area contributed by atoms with Crippen LogP contribution in [0.25, 0.3) is 0 Å². The molecule has 0 aliphatic carbocycles. The lowest BCUT2D eigenvalue weighted by atomic mass is 10.2. The quantitative estimate of drug-likeness (QED) is 0.568. The molecule has 0 radical (unpaired) electrons. The van der Waals surface area contributed by atoms with E-state index in [1.165, 1.54) is 6.20 Å². The molecule has 1 heterocycles. The van der Waals surface area contributed by atoms with Crippen LogP contribution in [0, 0.1) is 6.92 Å². The van der Waals surface area contributed by atoms with Crippen LogP contribution in [0.3, 0.4) is 0 Å². The average Bonchev–Trinajstić information content (AvgIpc) is 2.03. The highest BCUT2D eigenvalue weighted by atomic mass is 33.1. The zero-order chi connectivity index (χ0) is 9.14. The Bertz CT molecular complexity index is 314. The molecule has 0 aliphatic rings. The van der Waals surface area contributed by atoms with Crippen molar-refractivity contribution in [1.82, 2.24) is 4.98 Å². The van der Waals surface area contributed by atoms with E-state index in [0.717, 1.165) is 16.5 Å². The maximum Gasteiger partial charge on any atom is 0.338 e. The number of hydrogen-bond donors (Lipinski definition) is 2. The fourth-order valence-electron chi connectivity index (χ4n) is 0.771. The average molecular weight is 201 g/mol. The summed E-state index contributed by atoms with van der Waals surface area (Å²) in [5.74, 6) is -0.973. The molecule has 64 valence electrons. The van der Waals surface area contributed by atoms with Gasteiger partial charge in [0.25, 0.3) is 0 Å². The lowest BCUT2D eigenvalue weighted by Crippen LogP contribution is -1.99. The van der Waals surface area contributed by atoms with E-state index in [4.69, 9.17) is 5.11 Å². The van der Waals surface area contributed by atoms with E-state index >= 15 is 0 Å². The normalized spacial score (nSPS) is 9.83. The fourth-order valence-corrected chi connectivity index (χ4v) is 1.69. The van der Waals surface area contributed by atoms with Crippen molar-refractivity contribution >= 4 is 28.4 Å². The van der Waals surface area contributed by atoms with Crippen molar-refractivity contribution in [2.45, 2.75) is 11.8 Å². The van der Waals surface area contributed by atoms with Gasteiger partial charge in [-0.2, -0.15) is 0 Å². The summed E-state index contributed by atoms with van der Waals surface area (Å²) in [6.07, 6.45) is 1.34. The van der Waals surface area contributed by atoms with E-state index in [0.29, 0.717) is 4.90 Å². The van der Waals surface area contributed by atoms with Gasteiger partial charge in [0, 0.05) is 16.8 Å². The number of carbonyl (C=O) groups is 1. The van der Waals surface area contributed by atoms with Gasteiger partial charge in [-0.1, -0.05) is 10.8 Å². The Morgan fingerprint density at radius 1 is 1.75 bits per heavy atom. The van der Waals surface area contributed by atoms with Crippen LogP contribution in [0.1, 0.15) is 16.1 Å².